The molecule has 0 aliphatic carbocycles. The third-order valence-electron chi connectivity index (χ3n) is 5.58. The summed E-state index contributed by atoms with van der Waals surface area (Å²) >= 11 is 3.57. The number of halogens is 1. The standard InChI is InChI=1S/C23H17BrN2O5/c24-16-8-14(9-20-21(16)31-12-30-20)22-25-17-4-2-1-3-15(17)23(27)26(22)10-13-5-6-18-19(7-13)29-11-28-18/h1-9,22,25H,10-12H2. The fraction of sp³-hybridized carbons (Fsp3) is 0.174. The number of anilines is 1. The van der Waals surface area contributed by atoms with Gasteiger partial charge in [-0.05, 0) is 63.5 Å². The van der Waals surface area contributed by atoms with E-state index in [2.05, 4.69) is 21.2 Å². The Balaban J connectivity index is 1.42. The number of para-hydroxylation sites is 1. The summed E-state index contributed by atoms with van der Waals surface area (Å²) < 4.78 is 22.8. The van der Waals surface area contributed by atoms with E-state index in [0.29, 0.717) is 35.1 Å². The van der Waals surface area contributed by atoms with E-state index >= 15 is 0 Å². The normalized spacial score (nSPS) is 18.0. The summed E-state index contributed by atoms with van der Waals surface area (Å²) in [4.78, 5) is 15.3. The predicted octanol–water partition coefficient (Wildman–Crippen LogP) is 4.67. The lowest BCUT2D eigenvalue weighted by molar-refractivity contribution is 0.0666. The average Bonchev–Trinajstić information content (AvgIpc) is 3.45. The van der Waals surface area contributed by atoms with E-state index < -0.39 is 6.17 Å². The summed E-state index contributed by atoms with van der Waals surface area (Å²) in [5.41, 5.74) is 3.27. The molecule has 0 radical (unpaired) electrons. The van der Waals surface area contributed by atoms with Gasteiger partial charge in [0, 0.05) is 12.2 Å². The van der Waals surface area contributed by atoms with Gasteiger partial charge in [0.2, 0.25) is 13.6 Å². The van der Waals surface area contributed by atoms with E-state index in [4.69, 9.17) is 18.9 Å². The molecule has 6 rings (SSSR count). The molecule has 3 aromatic carbocycles. The number of amides is 1. The molecule has 0 fully saturated rings. The van der Waals surface area contributed by atoms with Gasteiger partial charge >= 0.3 is 0 Å². The van der Waals surface area contributed by atoms with E-state index in [-0.39, 0.29) is 19.5 Å². The number of rotatable bonds is 3. The minimum Gasteiger partial charge on any atom is -0.454 e. The molecular weight excluding hydrogens is 464 g/mol. The first-order valence-electron chi connectivity index (χ1n) is 9.81. The highest BCUT2D eigenvalue weighted by Crippen LogP contribution is 2.44. The maximum absolute atomic E-state index is 13.5. The van der Waals surface area contributed by atoms with E-state index in [1.165, 1.54) is 0 Å². The minimum atomic E-state index is -0.390. The topological polar surface area (TPSA) is 69.3 Å². The fourth-order valence-corrected chi connectivity index (χ4v) is 4.67. The van der Waals surface area contributed by atoms with E-state index in [1.807, 2.05) is 59.5 Å². The van der Waals surface area contributed by atoms with E-state index in [1.54, 1.807) is 0 Å². The molecule has 0 bridgehead atoms. The van der Waals surface area contributed by atoms with Gasteiger partial charge in [-0.2, -0.15) is 0 Å². The second-order valence-corrected chi connectivity index (χ2v) is 8.30. The van der Waals surface area contributed by atoms with Crippen LogP contribution in [-0.4, -0.2) is 24.4 Å². The van der Waals surface area contributed by atoms with Crippen molar-refractivity contribution in [1.29, 1.82) is 0 Å². The van der Waals surface area contributed by atoms with Crippen LogP contribution >= 0.6 is 15.9 Å². The van der Waals surface area contributed by atoms with Gasteiger partial charge in [-0.1, -0.05) is 18.2 Å². The summed E-state index contributed by atoms with van der Waals surface area (Å²) in [6.07, 6.45) is -0.390. The molecule has 1 amide bonds. The molecule has 1 atom stereocenters. The highest BCUT2D eigenvalue weighted by atomic mass is 79.9. The molecule has 156 valence electrons. The molecule has 3 aliphatic rings. The number of nitrogens with one attached hydrogen (secondary N) is 1. The maximum Gasteiger partial charge on any atom is 0.258 e. The Kier molecular flexibility index (Phi) is 4.21. The minimum absolute atomic E-state index is 0.0502. The SMILES string of the molecule is O=C1c2ccccc2NC(c2cc(Br)c3c(c2)OCO3)N1Cc1ccc2c(c1)OCO2. The molecule has 8 heteroatoms. The van der Waals surface area contributed by atoms with Crippen LogP contribution in [0.1, 0.15) is 27.7 Å². The first-order valence-corrected chi connectivity index (χ1v) is 10.6. The van der Waals surface area contributed by atoms with E-state index in [9.17, 15) is 4.79 Å². The summed E-state index contributed by atoms with van der Waals surface area (Å²) in [6.45, 7) is 0.788. The van der Waals surface area contributed by atoms with Crippen LogP contribution in [0.3, 0.4) is 0 Å². The van der Waals surface area contributed by atoms with Crippen molar-refractivity contribution in [2.75, 3.05) is 18.9 Å². The Morgan fingerprint density at radius 1 is 0.935 bits per heavy atom. The maximum atomic E-state index is 13.5. The highest BCUT2D eigenvalue weighted by Gasteiger charge is 2.34. The number of carbonyl (C=O) groups excluding carboxylic acids is 1. The van der Waals surface area contributed by atoms with Crippen molar-refractivity contribution in [3.05, 3.63) is 75.8 Å². The molecule has 1 N–H and O–H groups in total. The molecule has 7 nitrogen and oxygen atoms in total. The van der Waals surface area contributed by atoms with Crippen LogP contribution in [0, 0.1) is 0 Å². The fourth-order valence-electron chi connectivity index (χ4n) is 4.10. The molecule has 0 spiro atoms. The van der Waals surface area contributed by atoms with Crippen molar-refractivity contribution in [1.82, 2.24) is 4.90 Å². The number of ether oxygens (including phenoxy) is 4. The number of hydrogen-bond acceptors (Lipinski definition) is 6. The molecule has 3 aromatic rings. The largest absolute Gasteiger partial charge is 0.454 e. The van der Waals surface area contributed by atoms with Crippen molar-refractivity contribution in [3.8, 4) is 23.0 Å². The second kappa shape index (κ2) is 7.09. The first kappa shape index (κ1) is 18.4. The zero-order valence-corrected chi connectivity index (χ0v) is 17.8. The lowest BCUT2D eigenvalue weighted by Crippen LogP contribution is -2.42. The lowest BCUT2D eigenvalue weighted by Gasteiger charge is -2.38. The van der Waals surface area contributed by atoms with Crippen molar-refractivity contribution < 1.29 is 23.7 Å². The van der Waals surface area contributed by atoms with Gasteiger partial charge in [-0.15, -0.1) is 0 Å². The van der Waals surface area contributed by atoms with Crippen LogP contribution in [0.25, 0.3) is 0 Å². The smallest absolute Gasteiger partial charge is 0.258 e. The van der Waals surface area contributed by atoms with Crippen LogP contribution in [-0.2, 0) is 6.54 Å². The first-order chi connectivity index (χ1) is 15.2. The third kappa shape index (κ3) is 3.06. The summed E-state index contributed by atoms with van der Waals surface area (Å²) in [7, 11) is 0. The number of nitrogens with zero attached hydrogens (tertiary/aromatic N) is 1. The zero-order chi connectivity index (χ0) is 20.9. The third-order valence-corrected chi connectivity index (χ3v) is 6.17. The number of carbonyl (C=O) groups is 1. The Morgan fingerprint density at radius 3 is 2.68 bits per heavy atom. The Hall–Kier alpha value is -3.39. The molecule has 0 aromatic heterocycles. The lowest BCUT2D eigenvalue weighted by atomic mass is 10.0. The van der Waals surface area contributed by atoms with Crippen LogP contribution in [0.4, 0.5) is 5.69 Å². The van der Waals surface area contributed by atoms with Crippen molar-refractivity contribution in [2.24, 2.45) is 0 Å². The Morgan fingerprint density at radius 2 is 1.74 bits per heavy atom. The number of fused-ring (bicyclic) bond motifs is 3. The van der Waals surface area contributed by atoms with Crippen molar-refractivity contribution >= 4 is 27.5 Å². The number of hydrogen-bond donors (Lipinski definition) is 1. The van der Waals surface area contributed by atoms with Crippen LogP contribution in [0.5, 0.6) is 23.0 Å². The molecule has 0 saturated heterocycles. The summed E-state index contributed by atoms with van der Waals surface area (Å²) in [6, 6.07) is 17.2. The monoisotopic (exact) mass is 480 g/mol. The van der Waals surface area contributed by atoms with Gasteiger partial charge in [0.15, 0.2) is 23.0 Å². The van der Waals surface area contributed by atoms with Crippen molar-refractivity contribution in [2.45, 2.75) is 12.7 Å². The van der Waals surface area contributed by atoms with E-state index in [0.717, 1.165) is 21.3 Å². The summed E-state index contributed by atoms with van der Waals surface area (Å²) in [5.74, 6) is 2.69. The van der Waals surface area contributed by atoms with Crippen LogP contribution in [0.15, 0.2) is 59.1 Å². The quantitative estimate of drug-likeness (QED) is 0.587. The van der Waals surface area contributed by atoms with Crippen LogP contribution in [0.2, 0.25) is 0 Å². The molecule has 3 heterocycles. The summed E-state index contributed by atoms with van der Waals surface area (Å²) in [5, 5.41) is 3.52. The van der Waals surface area contributed by atoms with Gasteiger partial charge in [0.05, 0.1) is 10.0 Å². The van der Waals surface area contributed by atoms with Gasteiger partial charge in [-0.3, -0.25) is 4.79 Å². The Bertz CT molecular complexity index is 1210. The predicted molar refractivity (Wildman–Crippen MR) is 116 cm³/mol. The van der Waals surface area contributed by atoms with Gasteiger partial charge < -0.3 is 29.2 Å². The van der Waals surface area contributed by atoms with Crippen molar-refractivity contribution in [3.63, 3.8) is 0 Å². The highest BCUT2D eigenvalue weighted by molar-refractivity contribution is 9.10. The molecule has 31 heavy (non-hydrogen) atoms. The molecule has 0 saturated carbocycles. The molecule has 1 unspecified atom stereocenters. The zero-order valence-electron chi connectivity index (χ0n) is 16.3. The van der Waals surface area contributed by atoms with Gasteiger partial charge in [0.1, 0.15) is 6.17 Å². The van der Waals surface area contributed by atoms with Gasteiger partial charge in [0.25, 0.3) is 5.91 Å². The number of benzene rings is 3. The average molecular weight is 481 g/mol. The Labute approximate surface area is 186 Å². The molecular formula is C23H17BrN2O5. The molecule has 3 aliphatic heterocycles. The second-order valence-electron chi connectivity index (χ2n) is 7.45. The van der Waals surface area contributed by atoms with Gasteiger partial charge in [-0.25, -0.2) is 0 Å². The van der Waals surface area contributed by atoms with Crippen LogP contribution < -0.4 is 24.3 Å².